The number of fused-ring (bicyclic) bond motifs is 5. The van der Waals surface area contributed by atoms with Gasteiger partial charge in [0.15, 0.2) is 0 Å². The number of rotatable bonds is 1. The quantitative estimate of drug-likeness (QED) is 0.603. The van der Waals surface area contributed by atoms with Gasteiger partial charge >= 0.3 is 0 Å². The average Bonchev–Trinajstić information content (AvgIpc) is 2.45. The van der Waals surface area contributed by atoms with Gasteiger partial charge in [-0.15, -0.1) is 0 Å². The third-order valence-electron chi connectivity index (χ3n) is 4.96. The lowest BCUT2D eigenvalue weighted by atomic mass is 9.71. The fourth-order valence-corrected chi connectivity index (χ4v) is 4.19. The molecule has 2 N–H and O–H groups in total. The first-order valence-corrected chi connectivity index (χ1v) is 8.10. The Morgan fingerprint density at radius 3 is 2.95 bits per heavy atom. The van der Waals surface area contributed by atoms with Gasteiger partial charge in [-0.05, 0) is 61.3 Å². The van der Waals surface area contributed by atoms with Crippen molar-refractivity contribution in [1.82, 2.24) is 4.98 Å². The summed E-state index contributed by atoms with van der Waals surface area (Å²) in [6.07, 6.45) is 7.15. The molecule has 1 aromatic heterocycles. The molecule has 21 heavy (non-hydrogen) atoms. The number of hydrogen-bond acceptors (Lipinski definition) is 2. The van der Waals surface area contributed by atoms with Crippen molar-refractivity contribution in [3.8, 4) is 0 Å². The van der Waals surface area contributed by atoms with Crippen molar-refractivity contribution in [3.05, 3.63) is 46.1 Å². The first-order chi connectivity index (χ1) is 10.1. The number of benzene rings is 1. The van der Waals surface area contributed by atoms with Crippen LogP contribution in [0.5, 0.6) is 0 Å². The number of nitrogens with zero attached hydrogens (tertiary/aromatic N) is 1. The number of nitrogen functional groups attached to an aromatic ring is 1. The second kappa shape index (κ2) is 4.74. The van der Waals surface area contributed by atoms with E-state index in [1.807, 2.05) is 12.1 Å². The zero-order chi connectivity index (χ0) is 14.6. The van der Waals surface area contributed by atoms with Gasteiger partial charge in [0.25, 0.3) is 0 Å². The average molecular weight is 299 g/mol. The maximum absolute atomic E-state index is 6.14. The van der Waals surface area contributed by atoms with Gasteiger partial charge in [-0.3, -0.25) is 4.98 Å². The molecule has 0 saturated heterocycles. The van der Waals surface area contributed by atoms with Crippen LogP contribution in [-0.4, -0.2) is 4.98 Å². The van der Waals surface area contributed by atoms with Crippen molar-refractivity contribution < 1.29 is 0 Å². The van der Waals surface area contributed by atoms with Crippen LogP contribution < -0.4 is 5.73 Å². The van der Waals surface area contributed by atoms with E-state index in [4.69, 9.17) is 22.3 Å². The number of hydrogen-bond donors (Lipinski definition) is 1. The van der Waals surface area contributed by atoms with E-state index in [2.05, 4.69) is 19.1 Å². The van der Waals surface area contributed by atoms with Crippen LogP contribution in [0.2, 0.25) is 5.02 Å². The standard InChI is InChI=1S/C18H19ClN2/c1-2-10-3-11-5-12(4-10)14-9-15-16(20)7-13(19)8-18(15)21-17(14)6-11/h3,7-9,11-12H,2,4-6,20H2,1H3. The summed E-state index contributed by atoms with van der Waals surface area (Å²) in [5, 5.41) is 1.71. The Labute approximate surface area is 130 Å². The van der Waals surface area contributed by atoms with Crippen molar-refractivity contribution in [3.63, 3.8) is 0 Å². The van der Waals surface area contributed by atoms with Gasteiger partial charge in [-0.2, -0.15) is 0 Å². The molecule has 1 heterocycles. The molecule has 2 bridgehead atoms. The summed E-state index contributed by atoms with van der Waals surface area (Å²) in [6, 6.07) is 6.01. The van der Waals surface area contributed by atoms with Crippen LogP contribution in [0.3, 0.4) is 0 Å². The lowest BCUT2D eigenvalue weighted by Crippen LogP contribution is -2.23. The minimum atomic E-state index is 0.616. The number of nitrogens with two attached hydrogens (primary N) is 1. The normalized spacial score (nSPS) is 23.8. The number of aromatic nitrogens is 1. The van der Waals surface area contributed by atoms with Crippen molar-refractivity contribution in [1.29, 1.82) is 0 Å². The highest BCUT2D eigenvalue weighted by atomic mass is 35.5. The van der Waals surface area contributed by atoms with Crippen LogP contribution in [0.15, 0.2) is 29.8 Å². The van der Waals surface area contributed by atoms with Gasteiger partial charge in [0, 0.05) is 21.8 Å². The zero-order valence-corrected chi connectivity index (χ0v) is 13.0. The molecule has 2 nitrogen and oxygen atoms in total. The SMILES string of the molecule is CCC1=CC2Cc3nc4cc(Cl)cc(N)c4cc3C(C1)C2. The lowest BCUT2D eigenvalue weighted by Gasteiger charge is -2.35. The van der Waals surface area contributed by atoms with E-state index >= 15 is 0 Å². The Kier molecular flexibility index (Phi) is 2.97. The van der Waals surface area contributed by atoms with E-state index in [1.165, 1.54) is 30.5 Å². The predicted molar refractivity (Wildman–Crippen MR) is 88.7 cm³/mol. The Hall–Kier alpha value is -1.54. The first-order valence-electron chi connectivity index (χ1n) is 7.72. The fraction of sp³-hybridized carbons (Fsp3) is 0.389. The summed E-state index contributed by atoms with van der Waals surface area (Å²) in [5.41, 5.74) is 12.1. The highest BCUT2D eigenvalue weighted by molar-refractivity contribution is 6.31. The highest BCUT2D eigenvalue weighted by Crippen LogP contribution is 2.44. The number of allylic oxidation sites excluding steroid dienone is 2. The molecule has 2 aromatic rings. The van der Waals surface area contributed by atoms with Crippen molar-refractivity contribution >= 4 is 28.2 Å². The summed E-state index contributed by atoms with van der Waals surface area (Å²) in [5.74, 6) is 1.28. The first kappa shape index (κ1) is 13.1. The predicted octanol–water partition coefficient (Wildman–Crippen LogP) is 4.86. The molecule has 108 valence electrons. The second-order valence-corrected chi connectivity index (χ2v) is 6.80. The molecule has 2 aliphatic carbocycles. The Bertz CT molecular complexity index is 763. The summed E-state index contributed by atoms with van der Waals surface area (Å²) in [4.78, 5) is 4.88. The topological polar surface area (TPSA) is 38.9 Å². The van der Waals surface area contributed by atoms with Gasteiger partial charge in [-0.1, -0.05) is 30.2 Å². The van der Waals surface area contributed by atoms with Crippen molar-refractivity contribution in [2.75, 3.05) is 5.73 Å². The molecule has 2 aliphatic rings. The third-order valence-corrected chi connectivity index (χ3v) is 5.18. The van der Waals surface area contributed by atoms with Gasteiger partial charge in [0.2, 0.25) is 0 Å². The van der Waals surface area contributed by atoms with Crippen LogP contribution in [0, 0.1) is 5.92 Å². The van der Waals surface area contributed by atoms with Crippen molar-refractivity contribution in [2.45, 2.75) is 38.5 Å². The number of halogens is 1. The third kappa shape index (κ3) is 2.13. The summed E-state index contributed by atoms with van der Waals surface area (Å²) < 4.78 is 0. The van der Waals surface area contributed by atoms with E-state index in [9.17, 15) is 0 Å². The number of pyridine rings is 1. The molecule has 0 amide bonds. The molecular formula is C18H19ClN2. The minimum Gasteiger partial charge on any atom is -0.398 e. The van der Waals surface area contributed by atoms with Gasteiger partial charge in [-0.25, -0.2) is 0 Å². The van der Waals surface area contributed by atoms with Gasteiger partial charge in [0.1, 0.15) is 0 Å². The molecule has 2 atom stereocenters. The summed E-state index contributed by atoms with van der Waals surface area (Å²) >= 11 is 6.11. The van der Waals surface area contributed by atoms with Crippen LogP contribution in [0.25, 0.3) is 10.9 Å². The fourth-order valence-electron chi connectivity index (χ4n) is 3.96. The zero-order valence-electron chi connectivity index (χ0n) is 12.2. The summed E-state index contributed by atoms with van der Waals surface area (Å²) in [6.45, 7) is 2.26. The molecular weight excluding hydrogens is 280 g/mol. The molecule has 1 aromatic carbocycles. The summed E-state index contributed by atoms with van der Waals surface area (Å²) in [7, 11) is 0. The molecule has 0 saturated carbocycles. The number of anilines is 1. The van der Waals surface area contributed by atoms with Crippen LogP contribution in [0.4, 0.5) is 5.69 Å². The Morgan fingerprint density at radius 1 is 1.29 bits per heavy atom. The molecule has 0 fully saturated rings. The monoisotopic (exact) mass is 298 g/mol. The second-order valence-electron chi connectivity index (χ2n) is 6.37. The molecule has 4 rings (SSSR count). The Balaban J connectivity index is 1.88. The van der Waals surface area contributed by atoms with Crippen molar-refractivity contribution in [2.24, 2.45) is 5.92 Å². The van der Waals surface area contributed by atoms with E-state index < -0.39 is 0 Å². The van der Waals surface area contributed by atoms with E-state index in [0.29, 0.717) is 16.9 Å². The van der Waals surface area contributed by atoms with Crippen LogP contribution in [0.1, 0.15) is 43.4 Å². The molecule has 0 radical (unpaired) electrons. The minimum absolute atomic E-state index is 0.616. The maximum Gasteiger partial charge on any atom is 0.0741 e. The van der Waals surface area contributed by atoms with E-state index in [-0.39, 0.29) is 0 Å². The van der Waals surface area contributed by atoms with Crippen LogP contribution in [-0.2, 0) is 6.42 Å². The highest BCUT2D eigenvalue weighted by Gasteiger charge is 2.31. The largest absolute Gasteiger partial charge is 0.398 e. The molecule has 0 spiro atoms. The van der Waals surface area contributed by atoms with Gasteiger partial charge in [0.05, 0.1) is 5.52 Å². The maximum atomic E-state index is 6.14. The van der Waals surface area contributed by atoms with E-state index in [0.717, 1.165) is 23.0 Å². The molecule has 0 aliphatic heterocycles. The van der Waals surface area contributed by atoms with Crippen LogP contribution >= 0.6 is 11.6 Å². The molecule has 3 heteroatoms. The smallest absolute Gasteiger partial charge is 0.0741 e. The Morgan fingerprint density at radius 2 is 2.14 bits per heavy atom. The van der Waals surface area contributed by atoms with E-state index in [1.54, 1.807) is 5.57 Å². The molecule has 2 unspecified atom stereocenters. The lowest BCUT2D eigenvalue weighted by molar-refractivity contribution is 0.428. The van der Waals surface area contributed by atoms with Gasteiger partial charge < -0.3 is 5.73 Å².